The Morgan fingerprint density at radius 3 is 2.72 bits per heavy atom. The van der Waals surface area contributed by atoms with E-state index >= 15 is 0 Å². The standard InChI is InChI=1S/C13H19NO3S/c15-18(16)9-6-12(11-18)10-14-7-8-17-13-4-2-1-3-5-13/h1-5,12,14H,6-11H2. The van der Waals surface area contributed by atoms with Crippen LogP contribution in [0.4, 0.5) is 0 Å². The van der Waals surface area contributed by atoms with Crippen LogP contribution in [0.15, 0.2) is 30.3 Å². The minimum absolute atomic E-state index is 0.270. The molecule has 2 rings (SSSR count). The van der Waals surface area contributed by atoms with Gasteiger partial charge in [0, 0.05) is 6.54 Å². The van der Waals surface area contributed by atoms with E-state index in [9.17, 15) is 8.42 Å². The van der Waals surface area contributed by atoms with Gasteiger partial charge in [0.15, 0.2) is 9.84 Å². The molecule has 0 aromatic heterocycles. The number of hydrogen-bond donors (Lipinski definition) is 1. The van der Waals surface area contributed by atoms with Crippen LogP contribution in [0.3, 0.4) is 0 Å². The number of sulfone groups is 1. The average Bonchev–Trinajstić information content (AvgIpc) is 2.70. The predicted molar refractivity (Wildman–Crippen MR) is 71.6 cm³/mol. The summed E-state index contributed by atoms with van der Waals surface area (Å²) in [7, 11) is -2.75. The summed E-state index contributed by atoms with van der Waals surface area (Å²) >= 11 is 0. The molecule has 0 bridgehead atoms. The molecule has 1 saturated heterocycles. The molecule has 1 aromatic carbocycles. The molecule has 0 saturated carbocycles. The smallest absolute Gasteiger partial charge is 0.150 e. The predicted octanol–water partition coefficient (Wildman–Crippen LogP) is 1.09. The Balaban J connectivity index is 1.57. The highest BCUT2D eigenvalue weighted by Crippen LogP contribution is 2.17. The van der Waals surface area contributed by atoms with Crippen molar-refractivity contribution in [2.75, 3.05) is 31.2 Å². The van der Waals surface area contributed by atoms with Gasteiger partial charge in [-0.05, 0) is 31.0 Å². The third-order valence-electron chi connectivity index (χ3n) is 3.05. The van der Waals surface area contributed by atoms with E-state index in [1.54, 1.807) is 0 Å². The highest BCUT2D eigenvalue weighted by molar-refractivity contribution is 7.91. The van der Waals surface area contributed by atoms with Crippen LogP contribution in [0.2, 0.25) is 0 Å². The first-order valence-electron chi connectivity index (χ1n) is 6.25. The lowest BCUT2D eigenvalue weighted by molar-refractivity contribution is 0.310. The lowest BCUT2D eigenvalue weighted by Gasteiger charge is -2.10. The Bertz CT molecular complexity index is 458. The number of rotatable bonds is 6. The van der Waals surface area contributed by atoms with Crippen molar-refractivity contribution in [3.8, 4) is 5.75 Å². The van der Waals surface area contributed by atoms with Gasteiger partial charge in [-0.1, -0.05) is 18.2 Å². The molecule has 4 nitrogen and oxygen atoms in total. The average molecular weight is 269 g/mol. The quantitative estimate of drug-likeness (QED) is 0.786. The van der Waals surface area contributed by atoms with Crippen molar-refractivity contribution < 1.29 is 13.2 Å². The molecule has 1 aliphatic rings. The molecule has 0 spiro atoms. The van der Waals surface area contributed by atoms with Gasteiger partial charge >= 0.3 is 0 Å². The molecule has 0 radical (unpaired) electrons. The molecule has 1 unspecified atom stereocenters. The number of para-hydroxylation sites is 1. The van der Waals surface area contributed by atoms with Crippen molar-refractivity contribution in [2.45, 2.75) is 6.42 Å². The van der Waals surface area contributed by atoms with Crippen LogP contribution < -0.4 is 10.1 Å². The van der Waals surface area contributed by atoms with E-state index in [-0.39, 0.29) is 5.92 Å². The summed E-state index contributed by atoms with van der Waals surface area (Å²) in [4.78, 5) is 0. The van der Waals surface area contributed by atoms with Gasteiger partial charge in [0.2, 0.25) is 0 Å². The monoisotopic (exact) mass is 269 g/mol. The minimum Gasteiger partial charge on any atom is -0.492 e. The molecular formula is C13H19NO3S. The van der Waals surface area contributed by atoms with Gasteiger partial charge in [-0.3, -0.25) is 0 Å². The largest absolute Gasteiger partial charge is 0.492 e. The summed E-state index contributed by atoms with van der Waals surface area (Å²) in [5, 5.41) is 3.25. The molecule has 0 amide bonds. The van der Waals surface area contributed by atoms with E-state index in [0.717, 1.165) is 25.3 Å². The highest BCUT2D eigenvalue weighted by atomic mass is 32.2. The number of ether oxygens (including phenoxy) is 1. The molecule has 1 aliphatic heterocycles. The topological polar surface area (TPSA) is 55.4 Å². The number of hydrogen-bond acceptors (Lipinski definition) is 4. The number of benzene rings is 1. The Morgan fingerprint density at radius 2 is 2.06 bits per heavy atom. The molecule has 1 aromatic rings. The Morgan fingerprint density at radius 1 is 1.28 bits per heavy atom. The normalized spacial score (nSPS) is 21.9. The maximum Gasteiger partial charge on any atom is 0.150 e. The molecule has 18 heavy (non-hydrogen) atoms. The van der Waals surface area contributed by atoms with E-state index in [0.29, 0.717) is 18.1 Å². The second-order valence-electron chi connectivity index (χ2n) is 4.63. The first-order valence-corrected chi connectivity index (χ1v) is 8.07. The van der Waals surface area contributed by atoms with E-state index in [1.165, 1.54) is 0 Å². The summed E-state index contributed by atoms with van der Waals surface area (Å²) in [5.74, 6) is 1.81. The first kappa shape index (κ1) is 13.4. The van der Waals surface area contributed by atoms with Crippen molar-refractivity contribution in [3.05, 3.63) is 30.3 Å². The van der Waals surface area contributed by atoms with Crippen molar-refractivity contribution in [2.24, 2.45) is 5.92 Å². The Kier molecular flexibility index (Phi) is 4.60. The third kappa shape index (κ3) is 4.31. The van der Waals surface area contributed by atoms with E-state index in [2.05, 4.69) is 5.32 Å². The van der Waals surface area contributed by atoms with Crippen LogP contribution in [-0.4, -0.2) is 39.6 Å². The molecule has 5 heteroatoms. The van der Waals surface area contributed by atoms with Crippen LogP contribution in [0, 0.1) is 5.92 Å². The summed E-state index contributed by atoms with van der Waals surface area (Å²) < 4.78 is 28.1. The van der Waals surface area contributed by atoms with Crippen LogP contribution in [0.25, 0.3) is 0 Å². The molecule has 1 N–H and O–H groups in total. The molecule has 1 heterocycles. The molecular weight excluding hydrogens is 250 g/mol. The summed E-state index contributed by atoms with van der Waals surface area (Å²) in [6.45, 7) is 2.10. The van der Waals surface area contributed by atoms with E-state index < -0.39 is 9.84 Å². The van der Waals surface area contributed by atoms with Gasteiger partial charge in [-0.15, -0.1) is 0 Å². The van der Waals surface area contributed by atoms with Crippen molar-refractivity contribution in [1.29, 1.82) is 0 Å². The summed E-state index contributed by atoms with van der Waals surface area (Å²) in [6, 6.07) is 9.66. The van der Waals surface area contributed by atoms with Gasteiger partial charge in [0.25, 0.3) is 0 Å². The zero-order chi connectivity index (χ0) is 12.8. The maximum atomic E-state index is 11.3. The zero-order valence-corrected chi connectivity index (χ0v) is 11.2. The van der Waals surface area contributed by atoms with Crippen molar-refractivity contribution >= 4 is 9.84 Å². The number of nitrogens with one attached hydrogen (secondary N) is 1. The van der Waals surface area contributed by atoms with Gasteiger partial charge in [-0.25, -0.2) is 8.42 Å². The molecule has 100 valence electrons. The molecule has 1 atom stereocenters. The highest BCUT2D eigenvalue weighted by Gasteiger charge is 2.27. The van der Waals surface area contributed by atoms with Gasteiger partial charge in [0.1, 0.15) is 12.4 Å². The fourth-order valence-corrected chi connectivity index (χ4v) is 3.96. The van der Waals surface area contributed by atoms with Crippen molar-refractivity contribution in [3.63, 3.8) is 0 Å². The molecule has 0 aliphatic carbocycles. The second kappa shape index (κ2) is 6.20. The SMILES string of the molecule is O=S1(=O)CCC(CNCCOc2ccccc2)C1. The third-order valence-corrected chi connectivity index (χ3v) is 4.89. The first-order chi connectivity index (χ1) is 8.66. The van der Waals surface area contributed by atoms with E-state index in [1.807, 2.05) is 30.3 Å². The van der Waals surface area contributed by atoms with Crippen LogP contribution in [-0.2, 0) is 9.84 Å². The van der Waals surface area contributed by atoms with Crippen LogP contribution >= 0.6 is 0 Å². The fourth-order valence-electron chi connectivity index (χ4n) is 2.10. The van der Waals surface area contributed by atoms with Crippen LogP contribution in [0.5, 0.6) is 5.75 Å². The zero-order valence-electron chi connectivity index (χ0n) is 10.3. The van der Waals surface area contributed by atoms with E-state index in [4.69, 9.17) is 4.74 Å². The summed E-state index contributed by atoms with van der Waals surface area (Å²) in [5.41, 5.74) is 0. The molecule has 1 fully saturated rings. The Labute approximate surface area is 108 Å². The van der Waals surface area contributed by atoms with Gasteiger partial charge in [0.05, 0.1) is 11.5 Å². The van der Waals surface area contributed by atoms with Gasteiger partial charge < -0.3 is 10.1 Å². The maximum absolute atomic E-state index is 11.3. The Hall–Kier alpha value is -1.07. The van der Waals surface area contributed by atoms with Gasteiger partial charge in [-0.2, -0.15) is 0 Å². The van der Waals surface area contributed by atoms with Crippen LogP contribution in [0.1, 0.15) is 6.42 Å². The lowest BCUT2D eigenvalue weighted by Crippen LogP contribution is -2.27. The summed E-state index contributed by atoms with van der Waals surface area (Å²) in [6.07, 6.45) is 0.787. The second-order valence-corrected chi connectivity index (χ2v) is 6.86. The lowest BCUT2D eigenvalue weighted by atomic mass is 10.1. The fraction of sp³-hybridized carbons (Fsp3) is 0.538. The minimum atomic E-state index is -2.75. The van der Waals surface area contributed by atoms with Crippen molar-refractivity contribution in [1.82, 2.24) is 5.32 Å².